The van der Waals surface area contributed by atoms with E-state index in [1.54, 1.807) is 30.3 Å². The average molecular weight is 582 g/mol. The second-order valence-electron chi connectivity index (χ2n) is 11.8. The van der Waals surface area contributed by atoms with Crippen molar-refractivity contribution in [2.75, 3.05) is 29.9 Å². The number of pyridine rings is 2. The molecule has 4 bridgehead atoms. The molecular formula is C30H36FN5O4S. The molecule has 0 aliphatic carbocycles. The number of anilines is 2. The zero-order chi connectivity index (χ0) is 29.4. The lowest BCUT2D eigenvalue weighted by Gasteiger charge is -2.34. The molecule has 1 atom stereocenters. The Bertz CT molecular complexity index is 1560. The number of ether oxygens (including phenoxy) is 1. The molecule has 1 fully saturated rings. The molecule has 4 heterocycles. The summed E-state index contributed by atoms with van der Waals surface area (Å²) in [6.07, 6.45) is 2.68. The van der Waals surface area contributed by atoms with Crippen LogP contribution in [0.1, 0.15) is 57.3 Å². The van der Waals surface area contributed by atoms with E-state index in [2.05, 4.69) is 33.8 Å². The number of amides is 1. The van der Waals surface area contributed by atoms with Crippen molar-refractivity contribution in [1.82, 2.24) is 14.7 Å². The standard InChI is InChI=1S/C30H36FN5O4S/c1-19(2)18-40-23-14-21(13-22(31)15-23)25-11-10-24-28(33-25)36-17-20(16-30(36,3)4)7-6-12-32-26-8-5-9-27(34-26)41(38,39)35-29(24)37/h5,8-11,13-15,19-20H,6-7,12,16-18H2,1-4H3,(H,32,34)(H,35,37)/t20-/m0/s1. The largest absolute Gasteiger partial charge is 0.493 e. The summed E-state index contributed by atoms with van der Waals surface area (Å²) >= 11 is 0. The van der Waals surface area contributed by atoms with Crippen molar-refractivity contribution in [3.63, 3.8) is 0 Å². The van der Waals surface area contributed by atoms with Gasteiger partial charge in [-0.25, -0.2) is 19.1 Å². The predicted octanol–water partition coefficient (Wildman–Crippen LogP) is 5.25. The van der Waals surface area contributed by atoms with Crippen LogP contribution in [0.25, 0.3) is 11.3 Å². The van der Waals surface area contributed by atoms with Gasteiger partial charge in [0, 0.05) is 30.3 Å². The lowest BCUT2D eigenvalue weighted by atomic mass is 9.93. The van der Waals surface area contributed by atoms with E-state index in [1.807, 2.05) is 13.8 Å². The number of rotatable bonds is 4. The third kappa shape index (κ3) is 6.45. The molecule has 1 aromatic carbocycles. The Morgan fingerprint density at radius 2 is 1.95 bits per heavy atom. The van der Waals surface area contributed by atoms with Crippen LogP contribution in [-0.4, -0.2) is 49.5 Å². The van der Waals surface area contributed by atoms with Crippen molar-refractivity contribution >= 4 is 27.6 Å². The Labute approximate surface area is 240 Å². The Hall–Kier alpha value is -3.73. The monoisotopic (exact) mass is 581 g/mol. The summed E-state index contributed by atoms with van der Waals surface area (Å²) in [5.41, 5.74) is 0.705. The summed E-state index contributed by atoms with van der Waals surface area (Å²) in [5.74, 6) is 0.505. The van der Waals surface area contributed by atoms with Crippen molar-refractivity contribution in [3.8, 4) is 17.0 Å². The second kappa shape index (κ2) is 11.3. The highest BCUT2D eigenvalue weighted by Crippen LogP contribution is 2.40. The van der Waals surface area contributed by atoms with Gasteiger partial charge in [0.15, 0.2) is 5.03 Å². The number of aromatic nitrogens is 2. The summed E-state index contributed by atoms with van der Waals surface area (Å²) in [6.45, 7) is 9.93. The van der Waals surface area contributed by atoms with Crippen LogP contribution in [-0.2, 0) is 10.0 Å². The topological polar surface area (TPSA) is 114 Å². The first-order valence-corrected chi connectivity index (χ1v) is 15.4. The van der Waals surface area contributed by atoms with Gasteiger partial charge in [0.05, 0.1) is 17.9 Å². The van der Waals surface area contributed by atoms with Crippen LogP contribution in [0.4, 0.5) is 16.0 Å². The van der Waals surface area contributed by atoms with Crippen LogP contribution in [0.15, 0.2) is 53.6 Å². The highest BCUT2D eigenvalue weighted by Gasteiger charge is 2.41. The SMILES string of the molecule is CC(C)COc1cc(F)cc(-c2ccc3c(n2)N2C[C@@H](CCCNc4cccc(n4)S(=O)(=O)NC3=O)CC2(C)C)c1. The smallest absolute Gasteiger partial charge is 0.281 e. The molecule has 41 heavy (non-hydrogen) atoms. The molecule has 2 N–H and O–H groups in total. The van der Waals surface area contributed by atoms with Gasteiger partial charge in [-0.2, -0.15) is 8.42 Å². The molecule has 5 rings (SSSR count). The summed E-state index contributed by atoms with van der Waals surface area (Å²) in [5, 5.41) is 2.94. The van der Waals surface area contributed by atoms with Crippen LogP contribution < -0.4 is 19.7 Å². The highest BCUT2D eigenvalue weighted by atomic mass is 32.2. The molecule has 9 nitrogen and oxygen atoms in total. The maximum Gasteiger partial charge on any atom is 0.281 e. The third-order valence-corrected chi connectivity index (χ3v) is 8.64. The van der Waals surface area contributed by atoms with Crippen LogP contribution in [0.3, 0.4) is 0 Å². The molecule has 2 aliphatic rings. The van der Waals surface area contributed by atoms with Crippen LogP contribution >= 0.6 is 0 Å². The van der Waals surface area contributed by atoms with Gasteiger partial charge < -0.3 is 15.0 Å². The number of nitrogens with one attached hydrogen (secondary N) is 2. The van der Waals surface area contributed by atoms with Crippen molar-refractivity contribution in [2.24, 2.45) is 11.8 Å². The molecule has 2 aromatic heterocycles. The van der Waals surface area contributed by atoms with Crippen molar-refractivity contribution < 1.29 is 22.3 Å². The predicted molar refractivity (Wildman–Crippen MR) is 156 cm³/mol. The lowest BCUT2D eigenvalue weighted by molar-refractivity contribution is 0.0981. The van der Waals surface area contributed by atoms with Gasteiger partial charge in [0.25, 0.3) is 15.9 Å². The molecular weight excluding hydrogens is 545 g/mol. The van der Waals surface area contributed by atoms with Gasteiger partial charge in [-0.05, 0) is 81.3 Å². The van der Waals surface area contributed by atoms with Gasteiger partial charge in [-0.15, -0.1) is 0 Å². The summed E-state index contributed by atoms with van der Waals surface area (Å²) < 4.78 is 48.9. The van der Waals surface area contributed by atoms with E-state index >= 15 is 0 Å². The first-order valence-electron chi connectivity index (χ1n) is 13.9. The fraction of sp³-hybridized carbons (Fsp3) is 0.433. The van der Waals surface area contributed by atoms with E-state index in [9.17, 15) is 17.6 Å². The average Bonchev–Trinajstić information content (AvgIpc) is 3.22. The summed E-state index contributed by atoms with van der Waals surface area (Å²) in [6, 6.07) is 12.2. The van der Waals surface area contributed by atoms with E-state index in [1.165, 1.54) is 18.2 Å². The van der Waals surface area contributed by atoms with E-state index in [4.69, 9.17) is 9.72 Å². The zero-order valence-corrected chi connectivity index (χ0v) is 24.6. The Kier molecular flexibility index (Phi) is 7.91. The summed E-state index contributed by atoms with van der Waals surface area (Å²) in [4.78, 5) is 24.7. The number of hydrogen-bond donors (Lipinski definition) is 2. The van der Waals surface area contributed by atoms with Gasteiger partial charge in [-0.3, -0.25) is 4.79 Å². The normalized spacial score (nSPS) is 19.9. The number of halogens is 1. The molecule has 11 heteroatoms. The van der Waals surface area contributed by atoms with E-state index < -0.39 is 21.7 Å². The number of sulfonamides is 1. The number of benzene rings is 1. The fourth-order valence-corrected chi connectivity index (χ4v) is 6.44. The number of nitrogens with zero attached hydrogens (tertiary/aromatic N) is 3. The minimum atomic E-state index is -4.26. The molecule has 1 saturated heterocycles. The van der Waals surface area contributed by atoms with Gasteiger partial charge in [-0.1, -0.05) is 19.9 Å². The van der Waals surface area contributed by atoms with Crippen molar-refractivity contribution in [3.05, 3.63) is 59.9 Å². The van der Waals surface area contributed by atoms with Crippen LogP contribution in [0.2, 0.25) is 0 Å². The quantitative estimate of drug-likeness (QED) is 0.430. The zero-order valence-electron chi connectivity index (χ0n) is 23.8. The second-order valence-corrected chi connectivity index (χ2v) is 13.4. The summed E-state index contributed by atoms with van der Waals surface area (Å²) in [7, 11) is -4.26. The minimum absolute atomic E-state index is 0.114. The Morgan fingerprint density at radius 1 is 1.15 bits per heavy atom. The highest BCUT2D eigenvalue weighted by molar-refractivity contribution is 7.90. The van der Waals surface area contributed by atoms with Crippen LogP contribution in [0, 0.1) is 17.7 Å². The van der Waals surface area contributed by atoms with E-state index in [0.29, 0.717) is 54.3 Å². The molecule has 0 spiro atoms. The Balaban J connectivity index is 1.60. The van der Waals surface area contributed by atoms with Gasteiger partial charge in [0.1, 0.15) is 23.2 Å². The van der Waals surface area contributed by atoms with Crippen molar-refractivity contribution in [2.45, 2.75) is 57.5 Å². The fourth-order valence-electron chi connectivity index (χ4n) is 5.50. The van der Waals surface area contributed by atoms with Gasteiger partial charge in [0.2, 0.25) is 0 Å². The maximum absolute atomic E-state index is 14.6. The molecule has 0 saturated carbocycles. The molecule has 0 radical (unpaired) electrons. The third-order valence-electron chi connectivity index (χ3n) is 7.41. The molecule has 2 aliphatic heterocycles. The molecule has 0 unspecified atom stereocenters. The molecule has 218 valence electrons. The minimum Gasteiger partial charge on any atom is -0.493 e. The van der Waals surface area contributed by atoms with Crippen molar-refractivity contribution in [1.29, 1.82) is 0 Å². The molecule has 1 amide bonds. The first-order chi connectivity index (χ1) is 19.4. The van der Waals surface area contributed by atoms with Gasteiger partial charge >= 0.3 is 0 Å². The first kappa shape index (κ1) is 28.8. The number of hydrogen-bond acceptors (Lipinski definition) is 8. The number of carbonyl (C=O) groups excluding carboxylic acids is 1. The number of carbonyl (C=O) groups is 1. The lowest BCUT2D eigenvalue weighted by Crippen LogP contribution is -2.41. The van der Waals surface area contributed by atoms with E-state index in [-0.39, 0.29) is 22.0 Å². The molecule has 3 aromatic rings. The number of fused-ring (bicyclic) bond motifs is 6. The maximum atomic E-state index is 14.6. The van der Waals surface area contributed by atoms with E-state index in [0.717, 1.165) is 19.3 Å². The Morgan fingerprint density at radius 3 is 2.73 bits per heavy atom. The van der Waals surface area contributed by atoms with Crippen LogP contribution in [0.5, 0.6) is 5.75 Å².